The molecule has 0 radical (unpaired) electrons. The number of rotatable bonds is 5. The minimum atomic E-state index is 0.510. The van der Waals surface area contributed by atoms with Gasteiger partial charge in [-0.25, -0.2) is 4.98 Å². The highest BCUT2D eigenvalue weighted by Gasteiger charge is 2.25. The molecule has 0 aliphatic rings. The number of nitrogens with zero attached hydrogens (tertiary/aromatic N) is 6. The number of furan rings is 1. The molecule has 14 rings (SSSR count). The summed E-state index contributed by atoms with van der Waals surface area (Å²) < 4.78 is 13.7. The van der Waals surface area contributed by atoms with Crippen LogP contribution < -0.4 is 0 Å². The van der Waals surface area contributed by atoms with Gasteiger partial charge in [-0.1, -0.05) is 152 Å². The third kappa shape index (κ3) is 4.94. The second-order valence-corrected chi connectivity index (χ2v) is 16.4. The number of aromatic nitrogens is 6. The van der Waals surface area contributed by atoms with Crippen molar-refractivity contribution in [1.29, 1.82) is 0 Å². The van der Waals surface area contributed by atoms with Crippen LogP contribution >= 0.6 is 0 Å². The Kier molecular flexibility index (Phi) is 7.27. The van der Waals surface area contributed by atoms with Gasteiger partial charge in [-0.05, 0) is 54.6 Å². The summed E-state index contributed by atoms with van der Waals surface area (Å²) in [5.74, 6) is 1.61. The molecule has 0 bridgehead atoms. The Bertz CT molecular complexity index is 4100. The van der Waals surface area contributed by atoms with Crippen molar-refractivity contribution in [2.45, 2.75) is 0 Å². The maximum Gasteiger partial charge on any atom is 0.238 e. The molecule has 0 saturated carbocycles. The van der Waals surface area contributed by atoms with E-state index >= 15 is 0 Å². The van der Waals surface area contributed by atoms with E-state index in [4.69, 9.17) is 19.4 Å². The van der Waals surface area contributed by atoms with Gasteiger partial charge in [-0.15, -0.1) is 0 Å². The quantitative estimate of drug-likeness (QED) is 0.173. The second kappa shape index (κ2) is 13.3. The Morgan fingerprint density at radius 3 is 1.48 bits per heavy atom. The van der Waals surface area contributed by atoms with Crippen molar-refractivity contribution in [3.8, 4) is 40.1 Å². The summed E-state index contributed by atoms with van der Waals surface area (Å²) in [4.78, 5) is 16.0. The number of para-hydroxylation sites is 7. The van der Waals surface area contributed by atoms with Gasteiger partial charge in [0.15, 0.2) is 11.6 Å². The van der Waals surface area contributed by atoms with Gasteiger partial charge in [0.05, 0.1) is 50.0 Å². The van der Waals surface area contributed by atoms with Crippen molar-refractivity contribution in [3.05, 3.63) is 206 Å². The lowest BCUT2D eigenvalue weighted by molar-refractivity contribution is 0.669. The standard InChI is InChI=1S/C57H34N6O/c1-2-17-35(18-3-1)55-58-56(44-26-16-25-42-41-23-9-15-32-52(41)64-54(42)44)60-57(59-55)63-49-31-14-8-24-43(49)53-50(62-47-29-12-6-21-39(47)40-22-7-13-30-48(40)62)33-36(34-51(53)63)61-45-27-10-4-19-37(45)38-20-5-11-28-46(38)61/h1-34H. The molecule has 14 aromatic rings. The average Bonchev–Trinajstić information content (AvgIpc) is 4.10. The Hall–Kier alpha value is -8.81. The number of hydrogen-bond acceptors (Lipinski definition) is 4. The first-order valence-electron chi connectivity index (χ1n) is 21.5. The number of hydrogen-bond donors (Lipinski definition) is 0. The minimum absolute atomic E-state index is 0.510. The average molecular weight is 819 g/mol. The first kappa shape index (κ1) is 34.9. The monoisotopic (exact) mass is 818 g/mol. The van der Waals surface area contributed by atoms with Crippen LogP contribution in [0, 0.1) is 0 Å². The molecule has 9 aromatic carbocycles. The van der Waals surface area contributed by atoms with Gasteiger partial charge in [0, 0.05) is 48.7 Å². The summed E-state index contributed by atoms with van der Waals surface area (Å²) in [6, 6.07) is 72.7. The molecule has 0 fully saturated rings. The van der Waals surface area contributed by atoms with Crippen molar-refractivity contribution in [2.24, 2.45) is 0 Å². The zero-order chi connectivity index (χ0) is 41.9. The zero-order valence-electron chi connectivity index (χ0n) is 34.2. The van der Waals surface area contributed by atoms with Crippen LogP contribution in [0.25, 0.3) is 127 Å². The van der Waals surface area contributed by atoms with Crippen molar-refractivity contribution < 1.29 is 4.42 Å². The van der Waals surface area contributed by atoms with Crippen LogP contribution in [0.5, 0.6) is 0 Å². The molecule has 0 aliphatic carbocycles. The normalized spacial score (nSPS) is 12.1. The van der Waals surface area contributed by atoms with Gasteiger partial charge in [0.25, 0.3) is 0 Å². The minimum Gasteiger partial charge on any atom is -0.455 e. The molecule has 0 unspecified atom stereocenters. The molecule has 0 amide bonds. The van der Waals surface area contributed by atoms with Crippen LogP contribution in [0.3, 0.4) is 0 Å². The first-order chi connectivity index (χ1) is 31.8. The van der Waals surface area contributed by atoms with Crippen molar-refractivity contribution >= 4 is 87.4 Å². The molecule has 7 heteroatoms. The molecule has 298 valence electrons. The topological polar surface area (TPSA) is 66.6 Å². The van der Waals surface area contributed by atoms with Crippen LogP contribution in [0.1, 0.15) is 0 Å². The van der Waals surface area contributed by atoms with Crippen molar-refractivity contribution in [2.75, 3.05) is 0 Å². The molecule has 7 nitrogen and oxygen atoms in total. The Labute approximate surface area is 365 Å². The molecule has 5 heterocycles. The van der Waals surface area contributed by atoms with Crippen molar-refractivity contribution in [3.63, 3.8) is 0 Å². The van der Waals surface area contributed by atoms with Crippen LogP contribution in [0.4, 0.5) is 0 Å². The highest BCUT2D eigenvalue weighted by molar-refractivity contribution is 6.18. The lowest BCUT2D eigenvalue weighted by Crippen LogP contribution is -2.07. The Balaban J connectivity index is 1.15. The largest absolute Gasteiger partial charge is 0.455 e. The maximum absolute atomic E-state index is 6.60. The molecule has 0 N–H and O–H groups in total. The van der Waals surface area contributed by atoms with E-state index in [9.17, 15) is 0 Å². The lowest BCUT2D eigenvalue weighted by Gasteiger charge is -2.16. The predicted molar refractivity (Wildman–Crippen MR) is 261 cm³/mol. The van der Waals surface area contributed by atoms with Gasteiger partial charge in [0.2, 0.25) is 5.95 Å². The van der Waals surface area contributed by atoms with Crippen LogP contribution in [0.2, 0.25) is 0 Å². The Morgan fingerprint density at radius 1 is 0.344 bits per heavy atom. The van der Waals surface area contributed by atoms with E-state index < -0.39 is 0 Å². The summed E-state index contributed by atoms with van der Waals surface area (Å²) >= 11 is 0. The fraction of sp³-hybridized carbons (Fsp3) is 0. The van der Waals surface area contributed by atoms with Crippen molar-refractivity contribution in [1.82, 2.24) is 28.7 Å². The molecule has 5 aromatic heterocycles. The molecule has 0 atom stereocenters. The fourth-order valence-corrected chi connectivity index (χ4v) is 10.2. The highest BCUT2D eigenvalue weighted by Crippen LogP contribution is 2.43. The van der Waals surface area contributed by atoms with Gasteiger partial charge >= 0.3 is 0 Å². The van der Waals surface area contributed by atoms with Gasteiger partial charge in [-0.3, -0.25) is 4.57 Å². The van der Waals surface area contributed by atoms with E-state index in [-0.39, 0.29) is 0 Å². The van der Waals surface area contributed by atoms with E-state index in [2.05, 4.69) is 177 Å². The van der Waals surface area contributed by atoms with Crippen LogP contribution in [-0.2, 0) is 0 Å². The Morgan fingerprint density at radius 2 is 0.844 bits per heavy atom. The van der Waals surface area contributed by atoms with E-state index in [1.165, 1.54) is 21.5 Å². The number of benzene rings is 9. The summed E-state index contributed by atoms with van der Waals surface area (Å²) in [6.45, 7) is 0. The van der Waals surface area contributed by atoms with Gasteiger partial charge in [-0.2, -0.15) is 9.97 Å². The maximum atomic E-state index is 6.60. The van der Waals surface area contributed by atoms with E-state index in [1.807, 2.05) is 42.5 Å². The van der Waals surface area contributed by atoms with Gasteiger partial charge in [0.1, 0.15) is 11.2 Å². The molecule has 0 aliphatic heterocycles. The molecule has 0 saturated heterocycles. The summed E-state index contributed by atoms with van der Waals surface area (Å²) in [5, 5.41) is 9.05. The predicted octanol–water partition coefficient (Wildman–Crippen LogP) is 14.4. The molecular weight excluding hydrogens is 785 g/mol. The van der Waals surface area contributed by atoms with E-state index in [0.717, 1.165) is 88.3 Å². The molecule has 64 heavy (non-hydrogen) atoms. The summed E-state index contributed by atoms with van der Waals surface area (Å²) in [5.41, 5.74) is 11.8. The molecular formula is C57H34N6O. The van der Waals surface area contributed by atoms with Gasteiger partial charge < -0.3 is 13.6 Å². The van der Waals surface area contributed by atoms with E-state index in [0.29, 0.717) is 17.6 Å². The summed E-state index contributed by atoms with van der Waals surface area (Å²) in [6.07, 6.45) is 0. The second-order valence-electron chi connectivity index (χ2n) is 16.4. The lowest BCUT2D eigenvalue weighted by atomic mass is 10.1. The third-order valence-corrected chi connectivity index (χ3v) is 12.9. The summed E-state index contributed by atoms with van der Waals surface area (Å²) in [7, 11) is 0. The first-order valence-corrected chi connectivity index (χ1v) is 21.5. The number of fused-ring (bicyclic) bond motifs is 12. The SMILES string of the molecule is c1ccc(-c2nc(-c3cccc4c3oc3ccccc34)nc(-n3c4ccccc4c4c(-n5c6ccccc6c6ccccc65)cc(-n5c6ccccc6c6ccccc65)cc43)n2)cc1. The zero-order valence-corrected chi connectivity index (χ0v) is 34.2. The van der Waals surface area contributed by atoms with Crippen LogP contribution in [-0.4, -0.2) is 28.7 Å². The molecule has 0 spiro atoms. The van der Waals surface area contributed by atoms with Crippen LogP contribution in [0.15, 0.2) is 211 Å². The highest BCUT2D eigenvalue weighted by atomic mass is 16.3. The van der Waals surface area contributed by atoms with E-state index in [1.54, 1.807) is 0 Å². The fourth-order valence-electron chi connectivity index (χ4n) is 10.2. The third-order valence-electron chi connectivity index (χ3n) is 12.9. The smallest absolute Gasteiger partial charge is 0.238 e.